The van der Waals surface area contributed by atoms with Gasteiger partial charge in [0.05, 0.1) is 5.92 Å². The highest BCUT2D eigenvalue weighted by molar-refractivity contribution is 5.92. The molecule has 1 aromatic carbocycles. The van der Waals surface area contributed by atoms with E-state index >= 15 is 0 Å². The lowest BCUT2D eigenvalue weighted by Crippen LogP contribution is -2.58. The van der Waals surface area contributed by atoms with Gasteiger partial charge in [0.2, 0.25) is 11.8 Å². The molecule has 2 aliphatic heterocycles. The average molecular weight is 287 g/mol. The molecule has 2 atom stereocenters. The summed E-state index contributed by atoms with van der Waals surface area (Å²) in [6.07, 6.45) is 0.652. The van der Waals surface area contributed by atoms with Crippen molar-refractivity contribution in [1.29, 1.82) is 0 Å². The number of nitrogens with zero attached hydrogens (tertiary/aromatic N) is 1. The summed E-state index contributed by atoms with van der Waals surface area (Å²) in [6, 6.07) is 7.73. The molecule has 0 aliphatic carbocycles. The summed E-state index contributed by atoms with van der Waals surface area (Å²) in [6.45, 7) is 4.54. The Morgan fingerprint density at radius 1 is 1.38 bits per heavy atom. The van der Waals surface area contributed by atoms with Crippen LogP contribution in [0.4, 0.5) is 0 Å². The van der Waals surface area contributed by atoms with Crippen LogP contribution in [0.15, 0.2) is 24.3 Å². The molecule has 2 aliphatic rings. The summed E-state index contributed by atoms with van der Waals surface area (Å²) in [4.78, 5) is 26.6. The van der Waals surface area contributed by atoms with E-state index in [1.807, 2.05) is 25.1 Å². The number of piperazine rings is 1. The van der Waals surface area contributed by atoms with Crippen LogP contribution in [0.1, 0.15) is 30.4 Å². The van der Waals surface area contributed by atoms with Crippen molar-refractivity contribution in [3.05, 3.63) is 35.4 Å². The van der Waals surface area contributed by atoms with Crippen LogP contribution in [-0.2, 0) is 16.1 Å². The predicted octanol–water partition coefficient (Wildman–Crippen LogP) is 0.610. The second-order valence-electron chi connectivity index (χ2n) is 5.63. The lowest BCUT2D eigenvalue weighted by molar-refractivity contribution is -0.144. The highest BCUT2D eigenvalue weighted by Crippen LogP contribution is 2.27. The van der Waals surface area contributed by atoms with Gasteiger partial charge in [-0.3, -0.25) is 9.59 Å². The van der Waals surface area contributed by atoms with Gasteiger partial charge in [0.25, 0.3) is 0 Å². The maximum absolute atomic E-state index is 12.9. The Hall–Kier alpha value is -1.88. The Bertz CT molecular complexity index is 558. The molecule has 1 fully saturated rings. The molecule has 0 bridgehead atoms. The van der Waals surface area contributed by atoms with Gasteiger partial charge in [-0.2, -0.15) is 0 Å². The second-order valence-corrected chi connectivity index (χ2v) is 5.63. The topological polar surface area (TPSA) is 61.4 Å². The van der Waals surface area contributed by atoms with E-state index in [0.29, 0.717) is 26.1 Å². The normalized spacial score (nSPS) is 25.2. The third kappa shape index (κ3) is 2.53. The molecule has 0 saturated carbocycles. The van der Waals surface area contributed by atoms with Gasteiger partial charge in [-0.05, 0) is 17.5 Å². The summed E-state index contributed by atoms with van der Waals surface area (Å²) in [5.41, 5.74) is 2.28. The van der Waals surface area contributed by atoms with E-state index in [1.54, 1.807) is 4.90 Å². The number of carbonyl (C=O) groups is 2. The van der Waals surface area contributed by atoms with Crippen LogP contribution in [0.5, 0.6) is 0 Å². The Morgan fingerprint density at radius 3 is 3.00 bits per heavy atom. The first-order chi connectivity index (χ1) is 10.2. The van der Waals surface area contributed by atoms with Gasteiger partial charge in [0, 0.05) is 26.2 Å². The number of amides is 2. The summed E-state index contributed by atoms with van der Waals surface area (Å²) in [5.74, 6) is -0.152. The Kier molecular flexibility index (Phi) is 3.92. The van der Waals surface area contributed by atoms with Crippen molar-refractivity contribution in [2.24, 2.45) is 0 Å². The summed E-state index contributed by atoms with van der Waals surface area (Å²) in [7, 11) is 0. The van der Waals surface area contributed by atoms with Crippen molar-refractivity contribution < 1.29 is 9.59 Å². The molecule has 21 heavy (non-hydrogen) atoms. The van der Waals surface area contributed by atoms with E-state index in [0.717, 1.165) is 12.1 Å². The number of rotatable bonds is 2. The Labute approximate surface area is 124 Å². The molecule has 2 N–H and O–H groups in total. The minimum atomic E-state index is -0.333. The van der Waals surface area contributed by atoms with Gasteiger partial charge in [0.1, 0.15) is 6.04 Å². The molecular formula is C16H21N3O2. The largest absolute Gasteiger partial charge is 0.353 e. The quantitative estimate of drug-likeness (QED) is 0.838. The van der Waals surface area contributed by atoms with Crippen LogP contribution in [0.25, 0.3) is 0 Å². The first-order valence-corrected chi connectivity index (χ1v) is 7.59. The van der Waals surface area contributed by atoms with Gasteiger partial charge in [-0.15, -0.1) is 0 Å². The fourth-order valence-electron chi connectivity index (χ4n) is 3.30. The van der Waals surface area contributed by atoms with E-state index in [-0.39, 0.29) is 23.8 Å². The zero-order chi connectivity index (χ0) is 14.8. The lowest BCUT2D eigenvalue weighted by atomic mass is 9.89. The zero-order valence-electron chi connectivity index (χ0n) is 12.3. The summed E-state index contributed by atoms with van der Waals surface area (Å²) in [5, 5.41) is 6.15. The maximum Gasteiger partial charge on any atom is 0.242 e. The molecule has 1 aromatic rings. The summed E-state index contributed by atoms with van der Waals surface area (Å²) < 4.78 is 0. The van der Waals surface area contributed by atoms with Crippen molar-refractivity contribution in [3.63, 3.8) is 0 Å². The van der Waals surface area contributed by atoms with Crippen molar-refractivity contribution in [2.45, 2.75) is 31.8 Å². The maximum atomic E-state index is 12.9. The van der Waals surface area contributed by atoms with E-state index in [1.165, 1.54) is 5.56 Å². The van der Waals surface area contributed by atoms with Crippen LogP contribution >= 0.6 is 0 Å². The highest BCUT2D eigenvalue weighted by Gasteiger charge is 2.36. The molecular weight excluding hydrogens is 266 g/mol. The molecule has 5 heteroatoms. The smallest absolute Gasteiger partial charge is 0.242 e. The standard InChI is InChI=1S/C16H21N3O2/c1-2-14-15(20)18-7-8-19(14)16(21)13-10-17-9-11-5-3-4-6-12(11)13/h3-6,13-14,17H,2,7-10H2,1H3,(H,18,20). The van der Waals surface area contributed by atoms with E-state index in [2.05, 4.69) is 16.7 Å². The number of benzene rings is 1. The third-order valence-electron chi connectivity index (χ3n) is 4.39. The molecule has 0 spiro atoms. The van der Waals surface area contributed by atoms with Crippen molar-refractivity contribution >= 4 is 11.8 Å². The van der Waals surface area contributed by atoms with Crippen LogP contribution in [-0.4, -0.2) is 42.4 Å². The fraction of sp³-hybridized carbons (Fsp3) is 0.500. The number of hydrogen-bond acceptors (Lipinski definition) is 3. The van der Waals surface area contributed by atoms with Crippen molar-refractivity contribution in [1.82, 2.24) is 15.5 Å². The molecule has 5 nitrogen and oxygen atoms in total. The molecule has 1 saturated heterocycles. The Balaban J connectivity index is 1.87. The number of fused-ring (bicyclic) bond motifs is 1. The van der Waals surface area contributed by atoms with Crippen molar-refractivity contribution in [3.8, 4) is 0 Å². The predicted molar refractivity (Wildman–Crippen MR) is 79.7 cm³/mol. The van der Waals surface area contributed by atoms with Crippen LogP contribution in [0.3, 0.4) is 0 Å². The van der Waals surface area contributed by atoms with Gasteiger partial charge in [-0.1, -0.05) is 31.2 Å². The number of nitrogens with one attached hydrogen (secondary N) is 2. The first-order valence-electron chi connectivity index (χ1n) is 7.59. The monoisotopic (exact) mass is 287 g/mol. The van der Waals surface area contributed by atoms with Crippen LogP contribution in [0.2, 0.25) is 0 Å². The van der Waals surface area contributed by atoms with E-state index < -0.39 is 0 Å². The van der Waals surface area contributed by atoms with Gasteiger partial charge in [-0.25, -0.2) is 0 Å². The lowest BCUT2D eigenvalue weighted by Gasteiger charge is -2.38. The molecule has 0 radical (unpaired) electrons. The molecule has 112 valence electrons. The number of carbonyl (C=O) groups excluding carboxylic acids is 2. The van der Waals surface area contributed by atoms with E-state index in [4.69, 9.17) is 0 Å². The zero-order valence-corrected chi connectivity index (χ0v) is 12.3. The van der Waals surface area contributed by atoms with Gasteiger partial charge >= 0.3 is 0 Å². The molecule has 2 heterocycles. The number of hydrogen-bond donors (Lipinski definition) is 2. The van der Waals surface area contributed by atoms with Gasteiger partial charge < -0.3 is 15.5 Å². The molecule has 2 amide bonds. The minimum Gasteiger partial charge on any atom is -0.353 e. The Morgan fingerprint density at radius 2 is 2.19 bits per heavy atom. The fourth-order valence-corrected chi connectivity index (χ4v) is 3.30. The van der Waals surface area contributed by atoms with Crippen LogP contribution < -0.4 is 10.6 Å². The summed E-state index contributed by atoms with van der Waals surface area (Å²) >= 11 is 0. The SMILES string of the molecule is CCC1C(=O)NCCN1C(=O)C1CNCc2ccccc21. The van der Waals surface area contributed by atoms with Gasteiger partial charge in [0.15, 0.2) is 0 Å². The molecule has 0 aromatic heterocycles. The van der Waals surface area contributed by atoms with Crippen molar-refractivity contribution in [2.75, 3.05) is 19.6 Å². The molecule has 2 unspecified atom stereocenters. The molecule has 3 rings (SSSR count). The highest BCUT2D eigenvalue weighted by atomic mass is 16.2. The van der Waals surface area contributed by atoms with Crippen LogP contribution in [0, 0.1) is 0 Å². The average Bonchev–Trinajstić information content (AvgIpc) is 2.53. The first kappa shape index (κ1) is 14.1. The minimum absolute atomic E-state index is 0.0332. The second kappa shape index (κ2) is 5.85. The van der Waals surface area contributed by atoms with E-state index in [9.17, 15) is 9.59 Å². The third-order valence-corrected chi connectivity index (χ3v) is 4.39.